The Labute approximate surface area is 243 Å². The number of hydrogen-bond donors (Lipinski definition) is 1. The summed E-state index contributed by atoms with van der Waals surface area (Å²) in [7, 11) is 0. The first-order chi connectivity index (χ1) is 18.8. The summed E-state index contributed by atoms with van der Waals surface area (Å²) in [4.78, 5) is 39.6. The Kier molecular flexibility index (Phi) is 7.68. The third-order valence-electron chi connectivity index (χ3n) is 6.77. The van der Waals surface area contributed by atoms with E-state index in [4.69, 9.17) is 5.73 Å². The number of ketones is 1. The molecule has 6 nitrogen and oxygen atoms in total. The van der Waals surface area contributed by atoms with Crippen molar-refractivity contribution in [3.8, 4) is 0 Å². The number of urea groups is 1. The highest BCUT2D eigenvalue weighted by Gasteiger charge is 2.33. The molecule has 2 aliphatic rings. The normalized spacial score (nSPS) is 17.3. The van der Waals surface area contributed by atoms with Gasteiger partial charge in [0.1, 0.15) is 0 Å². The Morgan fingerprint density at radius 3 is 1.69 bits per heavy atom. The molecule has 0 saturated carbocycles. The zero-order valence-corrected chi connectivity index (χ0v) is 24.2. The van der Waals surface area contributed by atoms with Crippen molar-refractivity contribution in [3.63, 3.8) is 0 Å². The summed E-state index contributed by atoms with van der Waals surface area (Å²) in [5.41, 5.74) is 12.1. The van der Waals surface area contributed by atoms with Crippen LogP contribution in [0.2, 0.25) is 0 Å². The third kappa shape index (κ3) is 5.02. The van der Waals surface area contributed by atoms with Crippen LogP contribution in [0.1, 0.15) is 43.6 Å². The van der Waals surface area contributed by atoms with Crippen LogP contribution in [-0.4, -0.2) is 17.7 Å². The topological polar surface area (TPSA) is 83.7 Å². The average Bonchev–Trinajstić information content (AvgIpc) is 3.12. The molecular weight excluding hydrogens is 622 g/mol. The quantitative estimate of drug-likeness (QED) is 0.197. The van der Waals surface area contributed by atoms with Gasteiger partial charge >= 0.3 is 6.03 Å². The van der Waals surface area contributed by atoms with E-state index in [1.165, 1.54) is 4.90 Å². The van der Waals surface area contributed by atoms with Crippen LogP contribution in [0.4, 0.5) is 27.5 Å². The smallest absolute Gasteiger partial charge is 0.323 e. The predicted molar refractivity (Wildman–Crippen MR) is 162 cm³/mol. The van der Waals surface area contributed by atoms with Crippen LogP contribution in [0.5, 0.6) is 0 Å². The molecule has 39 heavy (non-hydrogen) atoms. The fourth-order valence-corrected chi connectivity index (χ4v) is 6.40. The number of benzene rings is 4. The summed E-state index contributed by atoms with van der Waals surface area (Å²) in [6.45, 7) is 1.60. The number of Topliss-reactive ketones (excluding diaryl/α,β-unsaturated/α-hetero) is 1. The molecule has 2 N–H and O–H groups in total. The standard InChI is InChI=1S/C16H13Br2NO.C15H12N2O2/c1-10(20)19-13-8-4-2-6-11(13)15(17)16(18)12-7-3-5-9-14(12)19;16-15(19)17-12-7-3-1-5-10(12)9-14(18)11-6-2-4-8-13(11)17/h2-9,15-16H,1H3;1-8H,9H2,(H2,16,19). The van der Waals surface area contributed by atoms with Gasteiger partial charge in [-0.15, -0.1) is 0 Å². The van der Waals surface area contributed by atoms with Crippen molar-refractivity contribution in [2.24, 2.45) is 5.73 Å². The lowest BCUT2D eigenvalue weighted by atomic mass is 10.0. The first-order valence-electron chi connectivity index (χ1n) is 12.4. The molecule has 8 heteroatoms. The van der Waals surface area contributed by atoms with E-state index in [2.05, 4.69) is 44.0 Å². The first-order valence-corrected chi connectivity index (χ1v) is 14.2. The van der Waals surface area contributed by atoms with Crippen molar-refractivity contribution in [2.75, 3.05) is 9.80 Å². The molecule has 4 aromatic carbocycles. The van der Waals surface area contributed by atoms with Gasteiger partial charge in [-0.3, -0.25) is 19.4 Å². The van der Waals surface area contributed by atoms with Crippen LogP contribution in [0.25, 0.3) is 0 Å². The number of rotatable bonds is 0. The molecule has 0 saturated heterocycles. The van der Waals surface area contributed by atoms with Crippen LogP contribution in [0.3, 0.4) is 0 Å². The Morgan fingerprint density at radius 1 is 0.692 bits per heavy atom. The maximum Gasteiger partial charge on any atom is 0.323 e. The summed E-state index contributed by atoms with van der Waals surface area (Å²) >= 11 is 7.53. The van der Waals surface area contributed by atoms with Gasteiger partial charge in [0, 0.05) is 18.9 Å². The van der Waals surface area contributed by atoms with Gasteiger partial charge in [-0.2, -0.15) is 0 Å². The highest BCUT2D eigenvalue weighted by molar-refractivity contribution is 9.12. The molecular formula is C31H25Br2N3O3. The summed E-state index contributed by atoms with van der Waals surface area (Å²) in [5.74, 6) is 0.0120. The van der Waals surface area contributed by atoms with E-state index >= 15 is 0 Å². The van der Waals surface area contributed by atoms with Crippen LogP contribution in [0, 0.1) is 0 Å². The van der Waals surface area contributed by atoms with Crippen LogP contribution in [0.15, 0.2) is 97.1 Å². The number of primary amides is 1. The van der Waals surface area contributed by atoms with Crippen LogP contribution < -0.4 is 15.5 Å². The second kappa shape index (κ2) is 11.2. The Morgan fingerprint density at radius 2 is 1.15 bits per heavy atom. The zero-order valence-electron chi connectivity index (χ0n) is 21.1. The number of fused-ring (bicyclic) bond motifs is 4. The molecule has 0 aromatic heterocycles. The second-order valence-electron chi connectivity index (χ2n) is 9.20. The Balaban J connectivity index is 0.000000158. The SMILES string of the molecule is CC(=O)N1c2ccccc2C(Br)C(Br)c2ccccc21.NC(=O)N1c2ccccc2CC(=O)c2ccccc21. The molecule has 0 fully saturated rings. The number of amides is 3. The fourth-order valence-electron chi connectivity index (χ4n) is 5.05. The van der Waals surface area contributed by atoms with E-state index in [9.17, 15) is 14.4 Å². The lowest BCUT2D eigenvalue weighted by molar-refractivity contribution is -0.115. The molecule has 6 rings (SSSR count). The molecule has 0 aliphatic carbocycles. The van der Waals surface area contributed by atoms with Crippen molar-refractivity contribution in [3.05, 3.63) is 119 Å². The van der Waals surface area contributed by atoms with Gasteiger partial charge in [-0.05, 0) is 47.0 Å². The molecule has 2 unspecified atom stereocenters. The molecule has 2 atom stereocenters. The minimum atomic E-state index is -0.588. The van der Waals surface area contributed by atoms with Gasteiger partial charge in [0.25, 0.3) is 0 Å². The number of carbonyl (C=O) groups is 3. The molecule has 4 aromatic rings. The van der Waals surface area contributed by atoms with Crippen LogP contribution in [-0.2, 0) is 11.2 Å². The van der Waals surface area contributed by atoms with Gasteiger partial charge < -0.3 is 5.73 Å². The van der Waals surface area contributed by atoms with E-state index in [1.807, 2.05) is 54.6 Å². The number of nitrogens with zero attached hydrogens (tertiary/aromatic N) is 2. The van der Waals surface area contributed by atoms with E-state index in [1.54, 1.807) is 42.2 Å². The maximum atomic E-state index is 12.3. The fraction of sp³-hybridized carbons (Fsp3) is 0.129. The Bertz CT molecular complexity index is 1540. The second-order valence-corrected chi connectivity index (χ2v) is 11.2. The monoisotopic (exact) mass is 645 g/mol. The number of para-hydroxylation sites is 4. The lowest BCUT2D eigenvalue weighted by Crippen LogP contribution is -2.32. The molecule has 3 amide bonds. The van der Waals surface area contributed by atoms with E-state index < -0.39 is 6.03 Å². The van der Waals surface area contributed by atoms with Crippen molar-refractivity contribution in [1.29, 1.82) is 0 Å². The Hall–Kier alpha value is -3.75. The van der Waals surface area contributed by atoms with Crippen molar-refractivity contribution < 1.29 is 14.4 Å². The number of alkyl halides is 2. The largest absolute Gasteiger partial charge is 0.351 e. The van der Waals surface area contributed by atoms with Gasteiger partial charge in [0.2, 0.25) is 5.91 Å². The average molecular weight is 647 g/mol. The zero-order chi connectivity index (χ0) is 27.7. The van der Waals surface area contributed by atoms with Crippen molar-refractivity contribution >= 4 is 72.3 Å². The van der Waals surface area contributed by atoms with Gasteiger partial charge in [-0.1, -0.05) is 98.6 Å². The summed E-state index contributed by atoms with van der Waals surface area (Å²) in [5, 5.41) is 0. The highest BCUT2D eigenvalue weighted by Crippen LogP contribution is 2.52. The van der Waals surface area contributed by atoms with Gasteiger partial charge in [0.05, 0.1) is 32.4 Å². The number of halogens is 2. The molecule has 2 aliphatic heterocycles. The molecule has 0 radical (unpaired) electrons. The summed E-state index contributed by atoms with van der Waals surface area (Å²) in [6, 6.07) is 29.8. The van der Waals surface area contributed by atoms with Gasteiger partial charge in [0.15, 0.2) is 5.78 Å². The predicted octanol–water partition coefficient (Wildman–Crippen LogP) is 7.90. The van der Waals surface area contributed by atoms with E-state index in [0.29, 0.717) is 16.9 Å². The first kappa shape index (κ1) is 26.8. The number of anilines is 4. The minimum Gasteiger partial charge on any atom is -0.351 e. The van der Waals surface area contributed by atoms with Crippen LogP contribution >= 0.6 is 31.9 Å². The van der Waals surface area contributed by atoms with Gasteiger partial charge in [-0.25, -0.2) is 4.79 Å². The molecule has 0 bridgehead atoms. The number of hydrogen-bond acceptors (Lipinski definition) is 3. The minimum absolute atomic E-state index is 0.00759. The highest BCUT2D eigenvalue weighted by atomic mass is 79.9. The van der Waals surface area contributed by atoms with E-state index in [-0.39, 0.29) is 27.8 Å². The summed E-state index contributed by atoms with van der Waals surface area (Å²) < 4.78 is 0. The van der Waals surface area contributed by atoms with Crippen molar-refractivity contribution in [1.82, 2.24) is 0 Å². The van der Waals surface area contributed by atoms with Crippen molar-refractivity contribution in [2.45, 2.75) is 23.0 Å². The maximum absolute atomic E-state index is 12.3. The number of nitrogens with two attached hydrogens (primary N) is 1. The third-order valence-corrected chi connectivity index (χ3v) is 9.52. The molecule has 196 valence electrons. The lowest BCUT2D eigenvalue weighted by Gasteiger charge is -2.23. The molecule has 2 heterocycles. The number of carbonyl (C=O) groups excluding carboxylic acids is 3. The summed E-state index contributed by atoms with van der Waals surface area (Å²) in [6.07, 6.45) is 0.275. The van der Waals surface area contributed by atoms with E-state index in [0.717, 1.165) is 28.1 Å². The molecule has 0 spiro atoms.